The minimum atomic E-state index is -0.472. The van der Waals surface area contributed by atoms with Crippen LogP contribution in [-0.2, 0) is 4.79 Å². The van der Waals surface area contributed by atoms with Gasteiger partial charge in [-0.05, 0) is 31.2 Å². The molecule has 1 aromatic rings. The van der Waals surface area contributed by atoms with Gasteiger partial charge in [-0.2, -0.15) is 0 Å². The van der Waals surface area contributed by atoms with Crippen LogP contribution in [0.1, 0.15) is 6.42 Å². The lowest BCUT2D eigenvalue weighted by atomic mass is 10.3. The monoisotopic (exact) mass is 330 g/mol. The Bertz CT molecular complexity index is 448. The van der Waals surface area contributed by atoms with Crippen LogP contribution < -0.4 is 10.1 Å². The van der Waals surface area contributed by atoms with Crippen molar-refractivity contribution in [2.24, 2.45) is 0 Å². The van der Waals surface area contributed by atoms with Crippen LogP contribution in [0.5, 0.6) is 5.75 Å². The smallest absolute Gasteiger partial charge is 0.260 e. The molecule has 1 heterocycles. The summed E-state index contributed by atoms with van der Waals surface area (Å²) in [5.74, 6) is -0.477. The number of ether oxygens (including phenoxy) is 1. The van der Waals surface area contributed by atoms with Gasteiger partial charge in [-0.15, -0.1) is 0 Å². The molecule has 1 N–H and O–H groups in total. The topological polar surface area (TPSA) is 41.6 Å². The Hall–Kier alpha value is -1.14. The van der Waals surface area contributed by atoms with Crippen LogP contribution in [-0.4, -0.2) is 43.6 Å². The number of nitrogens with zero attached hydrogens (tertiary/aromatic N) is 1. The van der Waals surface area contributed by atoms with Gasteiger partial charge < -0.3 is 15.0 Å². The Morgan fingerprint density at radius 1 is 1.42 bits per heavy atom. The molecule has 0 spiro atoms. The number of amides is 1. The molecule has 0 aliphatic carbocycles. The van der Waals surface area contributed by atoms with Gasteiger partial charge in [-0.1, -0.05) is 15.9 Å². The summed E-state index contributed by atoms with van der Waals surface area (Å²) in [6, 6.07) is 4.51. The average molecular weight is 331 g/mol. The van der Waals surface area contributed by atoms with E-state index in [9.17, 15) is 9.18 Å². The first-order valence-electron chi connectivity index (χ1n) is 6.23. The zero-order valence-electron chi connectivity index (χ0n) is 10.5. The van der Waals surface area contributed by atoms with Gasteiger partial charge >= 0.3 is 0 Å². The number of hydrogen-bond acceptors (Lipinski definition) is 3. The number of carbonyl (C=O) groups excluding carboxylic acids is 1. The highest BCUT2D eigenvalue weighted by atomic mass is 79.9. The third kappa shape index (κ3) is 4.18. The lowest BCUT2D eigenvalue weighted by molar-refractivity contribution is -0.133. The van der Waals surface area contributed by atoms with Gasteiger partial charge in [-0.3, -0.25) is 4.79 Å². The quantitative estimate of drug-likeness (QED) is 0.918. The molecule has 0 radical (unpaired) electrons. The largest absolute Gasteiger partial charge is 0.481 e. The molecule has 1 amide bonds. The fraction of sp³-hybridized carbons (Fsp3) is 0.462. The van der Waals surface area contributed by atoms with Crippen molar-refractivity contribution in [3.63, 3.8) is 0 Å². The van der Waals surface area contributed by atoms with E-state index in [-0.39, 0.29) is 18.3 Å². The molecule has 1 aromatic carbocycles. The number of benzene rings is 1. The summed E-state index contributed by atoms with van der Waals surface area (Å²) in [4.78, 5) is 13.7. The third-order valence-corrected chi connectivity index (χ3v) is 3.43. The summed E-state index contributed by atoms with van der Waals surface area (Å²) >= 11 is 3.17. The summed E-state index contributed by atoms with van der Waals surface area (Å²) in [7, 11) is 0. The second kappa shape index (κ2) is 6.86. The molecule has 19 heavy (non-hydrogen) atoms. The van der Waals surface area contributed by atoms with Gasteiger partial charge in [0.25, 0.3) is 5.91 Å². The SMILES string of the molecule is O=C(COc1ccc(Br)cc1F)N1CCCNCC1. The first-order valence-corrected chi connectivity index (χ1v) is 7.02. The predicted molar refractivity (Wildman–Crippen MR) is 73.7 cm³/mol. The van der Waals surface area contributed by atoms with Crippen LogP contribution in [0.4, 0.5) is 4.39 Å². The van der Waals surface area contributed by atoms with Crippen molar-refractivity contribution >= 4 is 21.8 Å². The standard InChI is InChI=1S/C13H16BrFN2O2/c14-10-2-3-12(11(15)8-10)19-9-13(18)17-6-1-4-16-5-7-17/h2-3,8,16H,1,4-7,9H2. The fourth-order valence-corrected chi connectivity index (χ4v) is 2.25. The van der Waals surface area contributed by atoms with E-state index in [2.05, 4.69) is 21.2 Å². The Morgan fingerprint density at radius 2 is 2.26 bits per heavy atom. The zero-order valence-corrected chi connectivity index (χ0v) is 12.1. The van der Waals surface area contributed by atoms with E-state index in [1.807, 2.05) is 0 Å². The van der Waals surface area contributed by atoms with E-state index in [1.165, 1.54) is 12.1 Å². The molecule has 0 unspecified atom stereocenters. The van der Waals surface area contributed by atoms with E-state index >= 15 is 0 Å². The van der Waals surface area contributed by atoms with Crippen molar-refractivity contribution in [1.82, 2.24) is 10.2 Å². The van der Waals surface area contributed by atoms with Crippen LogP contribution in [0.25, 0.3) is 0 Å². The number of halogens is 2. The van der Waals surface area contributed by atoms with Crippen molar-refractivity contribution < 1.29 is 13.9 Å². The number of rotatable bonds is 3. The summed E-state index contributed by atoms with van der Waals surface area (Å²) in [5.41, 5.74) is 0. The molecule has 1 fully saturated rings. The van der Waals surface area contributed by atoms with Crippen molar-refractivity contribution in [3.8, 4) is 5.75 Å². The van der Waals surface area contributed by atoms with Gasteiger partial charge in [0.05, 0.1) is 0 Å². The molecule has 6 heteroatoms. The van der Waals surface area contributed by atoms with E-state index in [0.717, 1.165) is 26.1 Å². The lowest BCUT2D eigenvalue weighted by Crippen LogP contribution is -2.37. The van der Waals surface area contributed by atoms with Crippen LogP contribution in [0.3, 0.4) is 0 Å². The van der Waals surface area contributed by atoms with E-state index in [4.69, 9.17) is 4.74 Å². The third-order valence-electron chi connectivity index (χ3n) is 2.94. The van der Waals surface area contributed by atoms with Crippen molar-refractivity contribution in [3.05, 3.63) is 28.5 Å². The molecule has 1 saturated heterocycles. The highest BCUT2D eigenvalue weighted by Crippen LogP contribution is 2.21. The molecule has 0 aromatic heterocycles. The lowest BCUT2D eigenvalue weighted by Gasteiger charge is -2.20. The van der Waals surface area contributed by atoms with Crippen molar-refractivity contribution in [1.29, 1.82) is 0 Å². The summed E-state index contributed by atoms with van der Waals surface area (Å²) in [5, 5.41) is 3.22. The molecule has 1 aliphatic rings. The van der Waals surface area contributed by atoms with Crippen LogP contribution >= 0.6 is 15.9 Å². The second-order valence-electron chi connectivity index (χ2n) is 4.35. The summed E-state index contributed by atoms with van der Waals surface area (Å²) in [6.07, 6.45) is 0.929. The molecule has 1 aliphatic heterocycles. The molecule has 2 rings (SSSR count). The van der Waals surface area contributed by atoms with Gasteiger partial charge in [0, 0.05) is 24.1 Å². The molecule has 104 valence electrons. The molecular weight excluding hydrogens is 315 g/mol. The molecule has 4 nitrogen and oxygen atoms in total. The van der Waals surface area contributed by atoms with Gasteiger partial charge in [0.15, 0.2) is 18.2 Å². The minimum Gasteiger partial charge on any atom is -0.481 e. The van der Waals surface area contributed by atoms with E-state index in [0.29, 0.717) is 11.0 Å². The predicted octanol–water partition coefficient (Wildman–Crippen LogP) is 1.79. The fourth-order valence-electron chi connectivity index (χ4n) is 1.92. The van der Waals surface area contributed by atoms with Crippen LogP contribution in [0, 0.1) is 5.82 Å². The Balaban J connectivity index is 1.88. The maximum absolute atomic E-state index is 13.5. The number of nitrogens with one attached hydrogen (secondary N) is 1. The van der Waals surface area contributed by atoms with Crippen molar-refractivity contribution in [2.75, 3.05) is 32.8 Å². The van der Waals surface area contributed by atoms with Crippen LogP contribution in [0.2, 0.25) is 0 Å². The van der Waals surface area contributed by atoms with Gasteiger partial charge in [0.2, 0.25) is 0 Å². The average Bonchev–Trinajstić information content (AvgIpc) is 2.66. The number of carbonyl (C=O) groups is 1. The maximum Gasteiger partial charge on any atom is 0.260 e. The molecule has 0 bridgehead atoms. The zero-order chi connectivity index (χ0) is 13.7. The maximum atomic E-state index is 13.5. The first kappa shape index (κ1) is 14.3. The summed E-state index contributed by atoms with van der Waals surface area (Å²) in [6.45, 7) is 2.98. The minimum absolute atomic E-state index is 0.101. The van der Waals surface area contributed by atoms with Gasteiger partial charge in [-0.25, -0.2) is 4.39 Å². The molecule has 0 atom stereocenters. The van der Waals surface area contributed by atoms with E-state index in [1.54, 1.807) is 11.0 Å². The Labute approximate surface area is 120 Å². The van der Waals surface area contributed by atoms with Gasteiger partial charge in [0.1, 0.15) is 0 Å². The Morgan fingerprint density at radius 3 is 3.05 bits per heavy atom. The highest BCUT2D eigenvalue weighted by Gasteiger charge is 2.16. The highest BCUT2D eigenvalue weighted by molar-refractivity contribution is 9.10. The van der Waals surface area contributed by atoms with Crippen LogP contribution in [0.15, 0.2) is 22.7 Å². The molecular formula is C13H16BrFN2O2. The normalized spacial score (nSPS) is 16.0. The van der Waals surface area contributed by atoms with E-state index < -0.39 is 5.82 Å². The number of hydrogen-bond donors (Lipinski definition) is 1. The van der Waals surface area contributed by atoms with Crippen molar-refractivity contribution in [2.45, 2.75) is 6.42 Å². The molecule has 0 saturated carbocycles. The first-order chi connectivity index (χ1) is 9.16. The Kier molecular flexibility index (Phi) is 5.15. The second-order valence-corrected chi connectivity index (χ2v) is 5.26. The summed E-state index contributed by atoms with van der Waals surface area (Å²) < 4.78 is 19.4.